The van der Waals surface area contributed by atoms with Crippen LogP contribution in [-0.4, -0.2) is 29.0 Å². The van der Waals surface area contributed by atoms with Crippen LogP contribution in [0.2, 0.25) is 0 Å². The van der Waals surface area contributed by atoms with E-state index >= 15 is 0 Å². The van der Waals surface area contributed by atoms with Crippen molar-refractivity contribution in [2.75, 3.05) is 13.2 Å². The molecule has 0 aliphatic carbocycles. The first-order chi connectivity index (χ1) is 9.24. The molecule has 1 aliphatic rings. The predicted octanol–water partition coefficient (Wildman–Crippen LogP) is 2.59. The van der Waals surface area contributed by atoms with Gasteiger partial charge in [-0.05, 0) is 38.1 Å². The minimum Gasteiger partial charge on any atom is -0.378 e. The molecule has 1 atom stereocenters. The molecule has 2 heterocycles. The average Bonchev–Trinajstić information content (AvgIpc) is 3.00. The zero-order chi connectivity index (χ0) is 13.5. The highest BCUT2D eigenvalue weighted by atomic mass is 16.5. The van der Waals surface area contributed by atoms with Crippen LogP contribution in [0.15, 0.2) is 12.4 Å². The van der Waals surface area contributed by atoms with Crippen LogP contribution < -0.4 is 5.32 Å². The number of ether oxygens (including phenoxy) is 1. The van der Waals surface area contributed by atoms with E-state index in [9.17, 15) is 0 Å². The van der Waals surface area contributed by atoms with Gasteiger partial charge in [-0.25, -0.2) is 0 Å². The molecule has 1 N–H and O–H groups in total. The SMILES string of the molecule is CC(C)CNCc1cnn(CCCC2CCCO2)c1. The van der Waals surface area contributed by atoms with E-state index in [4.69, 9.17) is 4.74 Å². The second-order valence-electron chi connectivity index (χ2n) is 5.91. The number of aromatic nitrogens is 2. The minimum atomic E-state index is 0.503. The zero-order valence-electron chi connectivity index (χ0n) is 12.3. The number of rotatable bonds is 8. The van der Waals surface area contributed by atoms with Crippen molar-refractivity contribution in [1.82, 2.24) is 15.1 Å². The van der Waals surface area contributed by atoms with Crippen molar-refractivity contribution in [1.29, 1.82) is 0 Å². The molecule has 19 heavy (non-hydrogen) atoms. The summed E-state index contributed by atoms with van der Waals surface area (Å²) in [5.74, 6) is 0.696. The third-order valence-corrected chi connectivity index (χ3v) is 3.51. The summed E-state index contributed by atoms with van der Waals surface area (Å²) in [6.45, 7) is 8.39. The number of hydrogen-bond acceptors (Lipinski definition) is 3. The molecular formula is C15H27N3O. The quantitative estimate of drug-likeness (QED) is 0.785. The number of hydrogen-bond donors (Lipinski definition) is 1. The Hall–Kier alpha value is -0.870. The maximum Gasteiger partial charge on any atom is 0.0576 e. The molecule has 1 aromatic rings. The number of nitrogens with one attached hydrogen (secondary N) is 1. The third-order valence-electron chi connectivity index (χ3n) is 3.51. The van der Waals surface area contributed by atoms with E-state index in [0.717, 1.165) is 32.7 Å². The van der Waals surface area contributed by atoms with Crippen molar-refractivity contribution in [2.24, 2.45) is 5.92 Å². The van der Waals surface area contributed by atoms with E-state index in [1.165, 1.54) is 24.8 Å². The van der Waals surface area contributed by atoms with Crippen molar-refractivity contribution >= 4 is 0 Å². The predicted molar refractivity (Wildman–Crippen MR) is 77.0 cm³/mol. The second-order valence-corrected chi connectivity index (χ2v) is 5.91. The van der Waals surface area contributed by atoms with E-state index in [1.54, 1.807) is 0 Å². The maximum absolute atomic E-state index is 5.63. The fourth-order valence-electron chi connectivity index (χ4n) is 2.48. The highest BCUT2D eigenvalue weighted by molar-refractivity contribution is 5.03. The van der Waals surface area contributed by atoms with Gasteiger partial charge in [-0.15, -0.1) is 0 Å². The van der Waals surface area contributed by atoms with Gasteiger partial charge in [0.15, 0.2) is 0 Å². The Kier molecular flexibility index (Phi) is 5.86. The summed E-state index contributed by atoms with van der Waals surface area (Å²) in [6.07, 6.45) is 9.43. The zero-order valence-corrected chi connectivity index (χ0v) is 12.3. The fraction of sp³-hybridized carbons (Fsp3) is 0.800. The molecule has 108 valence electrons. The first-order valence-corrected chi connectivity index (χ1v) is 7.57. The normalized spacial score (nSPS) is 19.4. The molecule has 0 spiro atoms. The Bertz CT molecular complexity index is 356. The highest BCUT2D eigenvalue weighted by Gasteiger charge is 2.14. The summed E-state index contributed by atoms with van der Waals surface area (Å²) in [5.41, 5.74) is 1.28. The maximum atomic E-state index is 5.63. The molecule has 1 fully saturated rings. The minimum absolute atomic E-state index is 0.503. The molecule has 1 saturated heterocycles. The average molecular weight is 265 g/mol. The van der Waals surface area contributed by atoms with Gasteiger partial charge in [-0.2, -0.15) is 5.10 Å². The monoisotopic (exact) mass is 265 g/mol. The van der Waals surface area contributed by atoms with Crippen molar-refractivity contribution in [2.45, 2.75) is 58.7 Å². The van der Waals surface area contributed by atoms with Crippen molar-refractivity contribution in [3.63, 3.8) is 0 Å². The molecule has 1 aliphatic heterocycles. The lowest BCUT2D eigenvalue weighted by Gasteiger charge is -2.08. The van der Waals surface area contributed by atoms with Crippen LogP contribution in [0.3, 0.4) is 0 Å². The lowest BCUT2D eigenvalue weighted by atomic mass is 10.1. The summed E-state index contributed by atoms with van der Waals surface area (Å²) in [6, 6.07) is 0. The Morgan fingerprint density at radius 1 is 1.53 bits per heavy atom. The van der Waals surface area contributed by atoms with E-state index in [-0.39, 0.29) is 0 Å². The van der Waals surface area contributed by atoms with Crippen molar-refractivity contribution in [3.8, 4) is 0 Å². The van der Waals surface area contributed by atoms with Gasteiger partial charge in [-0.1, -0.05) is 13.8 Å². The summed E-state index contributed by atoms with van der Waals surface area (Å²) in [5, 5.41) is 7.86. The molecule has 0 saturated carbocycles. The number of nitrogens with zero attached hydrogens (tertiary/aromatic N) is 2. The lowest BCUT2D eigenvalue weighted by Crippen LogP contribution is -2.18. The second kappa shape index (κ2) is 7.65. The van der Waals surface area contributed by atoms with E-state index in [0.29, 0.717) is 12.0 Å². The Balaban J connectivity index is 1.62. The Labute approximate surface area is 116 Å². The molecule has 1 unspecified atom stereocenters. The molecular weight excluding hydrogens is 238 g/mol. The smallest absolute Gasteiger partial charge is 0.0576 e. The van der Waals surface area contributed by atoms with Crippen LogP contribution in [0.5, 0.6) is 0 Å². The van der Waals surface area contributed by atoms with Crippen LogP contribution in [-0.2, 0) is 17.8 Å². The molecule has 2 rings (SSSR count). The van der Waals surface area contributed by atoms with E-state index < -0.39 is 0 Å². The standard InChI is InChI=1S/C15H27N3O/c1-13(2)9-16-10-14-11-17-18(12-14)7-3-5-15-6-4-8-19-15/h11-13,15-16H,3-10H2,1-2H3. The van der Waals surface area contributed by atoms with Crippen molar-refractivity contribution < 1.29 is 4.74 Å². The van der Waals surface area contributed by atoms with Gasteiger partial charge in [0.1, 0.15) is 0 Å². The van der Waals surface area contributed by atoms with Crippen LogP contribution in [0, 0.1) is 5.92 Å². The Morgan fingerprint density at radius 2 is 2.42 bits per heavy atom. The van der Waals surface area contributed by atoms with Crippen LogP contribution in [0.1, 0.15) is 45.1 Å². The highest BCUT2D eigenvalue weighted by Crippen LogP contribution is 2.17. The van der Waals surface area contributed by atoms with Crippen LogP contribution >= 0.6 is 0 Å². The summed E-state index contributed by atoms with van der Waals surface area (Å²) in [4.78, 5) is 0. The topological polar surface area (TPSA) is 39.1 Å². The summed E-state index contributed by atoms with van der Waals surface area (Å²) >= 11 is 0. The molecule has 4 heteroatoms. The van der Waals surface area contributed by atoms with Gasteiger partial charge in [-0.3, -0.25) is 4.68 Å². The van der Waals surface area contributed by atoms with Gasteiger partial charge in [0.05, 0.1) is 12.3 Å². The van der Waals surface area contributed by atoms with E-state index in [1.807, 2.05) is 6.20 Å². The molecule has 0 bridgehead atoms. The fourth-order valence-corrected chi connectivity index (χ4v) is 2.48. The van der Waals surface area contributed by atoms with Crippen LogP contribution in [0.25, 0.3) is 0 Å². The lowest BCUT2D eigenvalue weighted by molar-refractivity contribution is 0.101. The Morgan fingerprint density at radius 3 is 3.16 bits per heavy atom. The molecule has 0 radical (unpaired) electrons. The van der Waals surface area contributed by atoms with Gasteiger partial charge in [0, 0.05) is 31.5 Å². The molecule has 0 amide bonds. The molecule has 4 nitrogen and oxygen atoms in total. The van der Waals surface area contributed by atoms with Crippen molar-refractivity contribution in [3.05, 3.63) is 18.0 Å². The van der Waals surface area contributed by atoms with E-state index in [2.05, 4.69) is 35.1 Å². The van der Waals surface area contributed by atoms with Gasteiger partial charge in [0.2, 0.25) is 0 Å². The van der Waals surface area contributed by atoms with Crippen LogP contribution in [0.4, 0.5) is 0 Å². The molecule has 0 aromatic carbocycles. The number of aryl methyl sites for hydroxylation is 1. The van der Waals surface area contributed by atoms with Gasteiger partial charge in [0.25, 0.3) is 0 Å². The van der Waals surface area contributed by atoms with Gasteiger partial charge < -0.3 is 10.1 Å². The summed E-state index contributed by atoms with van der Waals surface area (Å²) < 4.78 is 7.69. The first kappa shape index (κ1) is 14.5. The summed E-state index contributed by atoms with van der Waals surface area (Å²) in [7, 11) is 0. The largest absolute Gasteiger partial charge is 0.378 e. The third kappa shape index (κ3) is 5.33. The van der Waals surface area contributed by atoms with Gasteiger partial charge >= 0.3 is 0 Å². The first-order valence-electron chi connectivity index (χ1n) is 7.57. The molecule has 1 aromatic heterocycles.